The zero-order valence-electron chi connectivity index (χ0n) is 9.54. The molecule has 0 saturated heterocycles. The number of hydrogen-bond acceptors (Lipinski definition) is 4. The average Bonchev–Trinajstić information content (AvgIpc) is 2.23. The Hall–Kier alpha value is 0.0569. The van der Waals surface area contributed by atoms with Crippen molar-refractivity contribution in [3.63, 3.8) is 0 Å². The third-order valence-corrected chi connectivity index (χ3v) is 5.08. The van der Waals surface area contributed by atoms with Gasteiger partial charge in [0.2, 0.25) is 0 Å². The van der Waals surface area contributed by atoms with Gasteiger partial charge in [-0.2, -0.15) is 0 Å². The zero-order chi connectivity index (χ0) is 10.9. The van der Waals surface area contributed by atoms with Gasteiger partial charge in [-0.1, -0.05) is 26.2 Å². The van der Waals surface area contributed by atoms with Gasteiger partial charge in [-0.05, 0) is 6.42 Å². The Morgan fingerprint density at radius 2 is 1.71 bits per heavy atom. The van der Waals surface area contributed by atoms with Crippen molar-refractivity contribution in [2.75, 3.05) is 21.0 Å². The SMILES string of the molecule is CCCCCC[Si](OC)(OC)OCN. The molecule has 0 aromatic heterocycles. The van der Waals surface area contributed by atoms with E-state index in [0.29, 0.717) is 0 Å². The molecule has 0 aliphatic carbocycles. The maximum Gasteiger partial charge on any atom is 0.501 e. The Labute approximate surface area is 88.1 Å². The van der Waals surface area contributed by atoms with Crippen molar-refractivity contribution in [3.05, 3.63) is 0 Å². The van der Waals surface area contributed by atoms with E-state index in [1.807, 2.05) is 0 Å². The third-order valence-electron chi connectivity index (χ3n) is 2.26. The van der Waals surface area contributed by atoms with Crippen molar-refractivity contribution < 1.29 is 13.3 Å². The highest BCUT2D eigenvalue weighted by Crippen LogP contribution is 2.17. The van der Waals surface area contributed by atoms with E-state index in [0.717, 1.165) is 12.5 Å². The van der Waals surface area contributed by atoms with Gasteiger partial charge < -0.3 is 19.0 Å². The van der Waals surface area contributed by atoms with Gasteiger partial charge in [0.25, 0.3) is 0 Å². The lowest BCUT2D eigenvalue weighted by Gasteiger charge is -2.25. The minimum Gasteiger partial charge on any atom is -0.377 e. The van der Waals surface area contributed by atoms with E-state index < -0.39 is 8.80 Å². The van der Waals surface area contributed by atoms with Crippen LogP contribution in [0.15, 0.2) is 0 Å². The van der Waals surface area contributed by atoms with Gasteiger partial charge in [0, 0.05) is 20.3 Å². The molecular formula is C9H23NO3Si. The third kappa shape index (κ3) is 5.07. The molecule has 86 valence electrons. The molecule has 0 bridgehead atoms. The molecule has 0 amide bonds. The van der Waals surface area contributed by atoms with Crippen molar-refractivity contribution in [1.82, 2.24) is 0 Å². The maximum atomic E-state index is 5.38. The summed E-state index contributed by atoms with van der Waals surface area (Å²) in [7, 11) is 0.842. The fourth-order valence-corrected chi connectivity index (χ4v) is 3.26. The summed E-state index contributed by atoms with van der Waals surface area (Å²) in [5.41, 5.74) is 5.35. The quantitative estimate of drug-likeness (QED) is 0.366. The van der Waals surface area contributed by atoms with Crippen LogP contribution in [0.2, 0.25) is 6.04 Å². The van der Waals surface area contributed by atoms with Crippen LogP contribution in [0.25, 0.3) is 0 Å². The van der Waals surface area contributed by atoms with Gasteiger partial charge in [0.05, 0.1) is 6.73 Å². The van der Waals surface area contributed by atoms with Crippen LogP contribution in [0.1, 0.15) is 32.6 Å². The summed E-state index contributed by atoms with van der Waals surface area (Å²) in [5, 5.41) is 0. The van der Waals surface area contributed by atoms with Gasteiger partial charge in [0.1, 0.15) is 0 Å². The molecule has 0 radical (unpaired) electrons. The average molecular weight is 221 g/mol. The highest BCUT2D eigenvalue weighted by molar-refractivity contribution is 6.60. The molecule has 0 rings (SSSR count). The van der Waals surface area contributed by atoms with Crippen molar-refractivity contribution in [2.45, 2.75) is 38.7 Å². The lowest BCUT2D eigenvalue weighted by Crippen LogP contribution is -2.45. The second-order valence-corrected chi connectivity index (χ2v) is 6.18. The molecule has 0 spiro atoms. The van der Waals surface area contributed by atoms with Gasteiger partial charge in [0.15, 0.2) is 0 Å². The van der Waals surface area contributed by atoms with Crippen molar-refractivity contribution >= 4 is 8.80 Å². The first-order valence-corrected chi connectivity index (χ1v) is 7.12. The number of unbranched alkanes of at least 4 members (excludes halogenated alkanes) is 3. The second kappa shape index (κ2) is 8.37. The van der Waals surface area contributed by atoms with E-state index in [2.05, 4.69) is 6.92 Å². The monoisotopic (exact) mass is 221 g/mol. The van der Waals surface area contributed by atoms with Crippen molar-refractivity contribution in [2.24, 2.45) is 5.73 Å². The molecule has 0 saturated carbocycles. The minimum absolute atomic E-state index is 0.168. The van der Waals surface area contributed by atoms with E-state index in [-0.39, 0.29) is 6.73 Å². The van der Waals surface area contributed by atoms with E-state index in [1.165, 1.54) is 19.3 Å². The highest BCUT2D eigenvalue weighted by atomic mass is 28.4. The summed E-state index contributed by atoms with van der Waals surface area (Å²) in [6.45, 7) is 2.36. The van der Waals surface area contributed by atoms with Gasteiger partial charge >= 0.3 is 8.80 Å². The van der Waals surface area contributed by atoms with E-state index in [4.69, 9.17) is 19.0 Å². The molecule has 0 unspecified atom stereocenters. The summed E-state index contributed by atoms with van der Waals surface area (Å²) in [4.78, 5) is 0. The Morgan fingerprint density at radius 1 is 1.07 bits per heavy atom. The van der Waals surface area contributed by atoms with Crippen LogP contribution in [0.3, 0.4) is 0 Å². The van der Waals surface area contributed by atoms with Crippen LogP contribution in [-0.4, -0.2) is 29.8 Å². The van der Waals surface area contributed by atoms with E-state index >= 15 is 0 Å². The lowest BCUT2D eigenvalue weighted by atomic mass is 10.2. The molecule has 0 aliphatic rings. The normalized spacial score (nSPS) is 12.0. The zero-order valence-corrected chi connectivity index (χ0v) is 10.5. The largest absolute Gasteiger partial charge is 0.501 e. The summed E-state index contributed by atoms with van der Waals surface area (Å²) >= 11 is 0. The summed E-state index contributed by atoms with van der Waals surface area (Å²) < 4.78 is 16.0. The Morgan fingerprint density at radius 3 is 2.14 bits per heavy atom. The molecule has 0 aromatic rings. The van der Waals surface area contributed by atoms with Crippen LogP contribution in [-0.2, 0) is 13.3 Å². The number of nitrogens with two attached hydrogens (primary N) is 1. The van der Waals surface area contributed by atoms with Gasteiger partial charge in [-0.25, -0.2) is 0 Å². The summed E-state index contributed by atoms with van der Waals surface area (Å²) in [6.07, 6.45) is 4.76. The van der Waals surface area contributed by atoms with E-state index in [1.54, 1.807) is 14.2 Å². The van der Waals surface area contributed by atoms with Crippen LogP contribution < -0.4 is 5.73 Å². The van der Waals surface area contributed by atoms with Gasteiger partial charge in [-0.15, -0.1) is 0 Å². The fraction of sp³-hybridized carbons (Fsp3) is 1.00. The number of rotatable bonds is 9. The summed E-state index contributed by atoms with van der Waals surface area (Å²) in [6, 6.07) is 0.858. The molecule has 5 heteroatoms. The standard InChI is InChI=1S/C9H23NO3Si/c1-4-5-6-7-8-14(11-2,12-3)13-9-10/h4-10H2,1-3H3. The predicted molar refractivity (Wildman–Crippen MR) is 58.9 cm³/mol. The Kier molecular flexibility index (Phi) is 8.41. The van der Waals surface area contributed by atoms with Gasteiger partial charge in [-0.3, -0.25) is 0 Å². The topological polar surface area (TPSA) is 53.7 Å². The van der Waals surface area contributed by atoms with Crippen LogP contribution >= 0.6 is 0 Å². The smallest absolute Gasteiger partial charge is 0.377 e. The molecule has 2 N–H and O–H groups in total. The maximum absolute atomic E-state index is 5.38. The van der Waals surface area contributed by atoms with Crippen LogP contribution in [0.4, 0.5) is 0 Å². The molecular weight excluding hydrogens is 198 g/mol. The second-order valence-electron chi connectivity index (χ2n) is 3.21. The molecule has 0 atom stereocenters. The molecule has 0 heterocycles. The first-order chi connectivity index (χ1) is 6.74. The van der Waals surface area contributed by atoms with Crippen molar-refractivity contribution in [1.29, 1.82) is 0 Å². The molecule has 0 aliphatic heterocycles. The Bertz CT molecular complexity index is 131. The van der Waals surface area contributed by atoms with Crippen LogP contribution in [0, 0.1) is 0 Å². The molecule has 0 fully saturated rings. The first-order valence-electron chi connectivity index (χ1n) is 5.19. The highest BCUT2D eigenvalue weighted by Gasteiger charge is 2.37. The molecule has 0 aromatic carbocycles. The molecule has 4 nitrogen and oxygen atoms in total. The fourth-order valence-electron chi connectivity index (χ4n) is 1.37. The first kappa shape index (κ1) is 14.1. The molecule has 14 heavy (non-hydrogen) atoms. The van der Waals surface area contributed by atoms with Crippen molar-refractivity contribution in [3.8, 4) is 0 Å². The lowest BCUT2D eigenvalue weighted by molar-refractivity contribution is 0.100. The Balaban J connectivity index is 3.82. The predicted octanol–water partition coefficient (Wildman–Crippen LogP) is 1.73. The minimum atomic E-state index is -2.42. The summed E-state index contributed by atoms with van der Waals surface area (Å²) in [5.74, 6) is 0. The van der Waals surface area contributed by atoms with Crippen LogP contribution in [0.5, 0.6) is 0 Å². The number of hydrogen-bond donors (Lipinski definition) is 1. The van der Waals surface area contributed by atoms with E-state index in [9.17, 15) is 0 Å².